The molecule has 0 spiro atoms. The summed E-state index contributed by atoms with van der Waals surface area (Å²) >= 11 is 3.02. The summed E-state index contributed by atoms with van der Waals surface area (Å²) < 4.78 is 0. The summed E-state index contributed by atoms with van der Waals surface area (Å²) in [5.41, 5.74) is 0. The fourth-order valence-corrected chi connectivity index (χ4v) is 3.98. The molecule has 120 valence electrons. The molecular formula is C14H18N2O4S2. The van der Waals surface area contributed by atoms with Gasteiger partial charge in [-0.1, -0.05) is 6.07 Å². The molecule has 1 aliphatic rings. The second-order valence-electron chi connectivity index (χ2n) is 4.90. The van der Waals surface area contributed by atoms with Crippen molar-refractivity contribution in [2.75, 3.05) is 24.6 Å². The third-order valence-corrected chi connectivity index (χ3v) is 5.29. The highest BCUT2D eigenvalue weighted by Crippen LogP contribution is 2.19. The average Bonchev–Trinajstić information content (AvgIpc) is 3.01. The SMILES string of the molecule is O=C(O)CC1CSCCN1C(=O)CCNC(=O)c1cccs1. The first-order valence-corrected chi connectivity index (χ1v) is 9.02. The summed E-state index contributed by atoms with van der Waals surface area (Å²) in [7, 11) is 0. The molecule has 2 N–H and O–H groups in total. The van der Waals surface area contributed by atoms with Crippen LogP contribution in [0.4, 0.5) is 0 Å². The molecule has 1 fully saturated rings. The topological polar surface area (TPSA) is 86.7 Å². The van der Waals surface area contributed by atoms with Gasteiger partial charge in [0.1, 0.15) is 0 Å². The molecule has 0 aliphatic carbocycles. The third kappa shape index (κ3) is 4.74. The summed E-state index contributed by atoms with van der Waals surface area (Å²) in [6.07, 6.45) is 0.165. The van der Waals surface area contributed by atoms with E-state index in [2.05, 4.69) is 5.32 Å². The van der Waals surface area contributed by atoms with Crippen LogP contribution in [0.25, 0.3) is 0 Å². The van der Waals surface area contributed by atoms with Crippen molar-refractivity contribution >= 4 is 40.9 Å². The highest BCUT2D eigenvalue weighted by atomic mass is 32.2. The highest BCUT2D eigenvalue weighted by Gasteiger charge is 2.28. The normalized spacial score (nSPS) is 18.0. The van der Waals surface area contributed by atoms with E-state index in [1.807, 2.05) is 5.38 Å². The van der Waals surface area contributed by atoms with Crippen LogP contribution in [0.15, 0.2) is 17.5 Å². The molecule has 0 radical (unpaired) electrons. The Morgan fingerprint density at radius 2 is 2.23 bits per heavy atom. The lowest BCUT2D eigenvalue weighted by atomic mass is 10.2. The molecule has 2 heterocycles. The van der Waals surface area contributed by atoms with E-state index in [4.69, 9.17) is 5.11 Å². The number of nitrogens with one attached hydrogen (secondary N) is 1. The lowest BCUT2D eigenvalue weighted by molar-refractivity contribution is -0.140. The van der Waals surface area contributed by atoms with Crippen LogP contribution >= 0.6 is 23.1 Å². The molecule has 1 atom stereocenters. The average molecular weight is 342 g/mol. The molecule has 2 rings (SSSR count). The second-order valence-corrected chi connectivity index (χ2v) is 6.99. The first-order valence-electron chi connectivity index (χ1n) is 6.98. The number of carboxylic acids is 1. The van der Waals surface area contributed by atoms with Crippen LogP contribution in [-0.4, -0.2) is 58.4 Å². The Hall–Kier alpha value is -1.54. The Bertz CT molecular complexity index is 533. The van der Waals surface area contributed by atoms with E-state index in [1.54, 1.807) is 28.8 Å². The van der Waals surface area contributed by atoms with Crippen LogP contribution in [-0.2, 0) is 9.59 Å². The van der Waals surface area contributed by atoms with Gasteiger partial charge in [-0.3, -0.25) is 14.4 Å². The van der Waals surface area contributed by atoms with E-state index >= 15 is 0 Å². The Morgan fingerprint density at radius 3 is 2.91 bits per heavy atom. The summed E-state index contributed by atoms with van der Waals surface area (Å²) in [4.78, 5) is 37.1. The minimum absolute atomic E-state index is 0.0275. The predicted molar refractivity (Wildman–Crippen MR) is 86.3 cm³/mol. The molecule has 22 heavy (non-hydrogen) atoms. The van der Waals surface area contributed by atoms with Crippen LogP contribution in [0.2, 0.25) is 0 Å². The molecule has 1 aromatic heterocycles. The second kappa shape index (κ2) is 8.19. The molecule has 0 saturated carbocycles. The van der Waals surface area contributed by atoms with Crippen molar-refractivity contribution in [1.82, 2.24) is 10.2 Å². The highest BCUT2D eigenvalue weighted by molar-refractivity contribution is 7.99. The van der Waals surface area contributed by atoms with Crippen molar-refractivity contribution < 1.29 is 19.5 Å². The van der Waals surface area contributed by atoms with E-state index in [0.717, 1.165) is 5.75 Å². The van der Waals surface area contributed by atoms with Gasteiger partial charge in [-0.05, 0) is 11.4 Å². The molecule has 8 heteroatoms. The molecule has 1 aliphatic heterocycles. The van der Waals surface area contributed by atoms with Crippen molar-refractivity contribution in [3.8, 4) is 0 Å². The van der Waals surface area contributed by atoms with Crippen LogP contribution in [0.3, 0.4) is 0 Å². The largest absolute Gasteiger partial charge is 0.481 e. The summed E-state index contributed by atoms with van der Waals surface area (Å²) in [5, 5.41) is 13.5. The number of nitrogens with zero attached hydrogens (tertiary/aromatic N) is 1. The zero-order valence-electron chi connectivity index (χ0n) is 12.0. The maximum Gasteiger partial charge on any atom is 0.305 e. The van der Waals surface area contributed by atoms with E-state index in [0.29, 0.717) is 17.2 Å². The summed E-state index contributed by atoms with van der Waals surface area (Å²) in [6.45, 7) is 0.833. The van der Waals surface area contributed by atoms with Crippen LogP contribution < -0.4 is 5.32 Å². The van der Waals surface area contributed by atoms with Gasteiger partial charge < -0.3 is 15.3 Å². The van der Waals surface area contributed by atoms with Gasteiger partial charge in [-0.25, -0.2) is 0 Å². The number of hydrogen-bond acceptors (Lipinski definition) is 5. The molecule has 1 saturated heterocycles. The van der Waals surface area contributed by atoms with Crippen molar-refractivity contribution in [3.63, 3.8) is 0 Å². The van der Waals surface area contributed by atoms with Crippen molar-refractivity contribution in [3.05, 3.63) is 22.4 Å². The van der Waals surface area contributed by atoms with Crippen LogP contribution in [0, 0.1) is 0 Å². The Labute approximate surface area is 136 Å². The summed E-state index contributed by atoms with van der Waals surface area (Å²) in [5.74, 6) is 0.302. The lowest BCUT2D eigenvalue weighted by Gasteiger charge is -2.34. The number of aliphatic carboxylic acids is 1. The lowest BCUT2D eigenvalue weighted by Crippen LogP contribution is -2.47. The van der Waals surface area contributed by atoms with E-state index in [1.165, 1.54) is 11.3 Å². The number of thioether (sulfide) groups is 1. The third-order valence-electron chi connectivity index (χ3n) is 3.33. The zero-order valence-corrected chi connectivity index (χ0v) is 13.6. The number of carbonyl (C=O) groups is 3. The van der Waals surface area contributed by atoms with Gasteiger partial charge in [0, 0.05) is 31.0 Å². The predicted octanol–water partition coefficient (Wildman–Crippen LogP) is 1.29. The molecule has 6 nitrogen and oxygen atoms in total. The van der Waals surface area contributed by atoms with Gasteiger partial charge in [0.25, 0.3) is 5.91 Å². The van der Waals surface area contributed by atoms with E-state index in [-0.39, 0.29) is 37.2 Å². The van der Waals surface area contributed by atoms with Gasteiger partial charge in [-0.15, -0.1) is 11.3 Å². The smallest absolute Gasteiger partial charge is 0.305 e. The van der Waals surface area contributed by atoms with Crippen LogP contribution in [0.5, 0.6) is 0 Å². The fraction of sp³-hybridized carbons (Fsp3) is 0.500. The Kier molecular flexibility index (Phi) is 6.26. The van der Waals surface area contributed by atoms with Gasteiger partial charge in [-0.2, -0.15) is 11.8 Å². The van der Waals surface area contributed by atoms with Gasteiger partial charge in [0.05, 0.1) is 17.3 Å². The van der Waals surface area contributed by atoms with Gasteiger partial charge in [0.15, 0.2) is 0 Å². The van der Waals surface area contributed by atoms with E-state index in [9.17, 15) is 14.4 Å². The zero-order chi connectivity index (χ0) is 15.9. The number of thiophene rings is 1. The quantitative estimate of drug-likeness (QED) is 0.813. The standard InChI is InChI=1S/C14H18N2O4S2/c17-12(3-4-15-14(20)11-2-1-6-22-11)16-5-7-21-9-10(16)8-13(18)19/h1-2,6,10H,3-5,7-9H2,(H,15,20)(H,18,19). The number of carboxylic acid groups (broad SMARTS) is 1. The summed E-state index contributed by atoms with van der Waals surface area (Å²) in [6, 6.07) is 3.27. The number of rotatable bonds is 6. The van der Waals surface area contributed by atoms with E-state index < -0.39 is 5.97 Å². The van der Waals surface area contributed by atoms with Crippen LogP contribution in [0.1, 0.15) is 22.5 Å². The number of carbonyl (C=O) groups excluding carboxylic acids is 2. The Morgan fingerprint density at radius 1 is 1.41 bits per heavy atom. The first-order chi connectivity index (χ1) is 10.6. The molecule has 0 aromatic carbocycles. The number of amides is 2. The molecule has 2 amide bonds. The van der Waals surface area contributed by atoms with Crippen molar-refractivity contribution in [2.24, 2.45) is 0 Å². The minimum Gasteiger partial charge on any atom is -0.481 e. The fourth-order valence-electron chi connectivity index (χ4n) is 2.28. The molecule has 0 bridgehead atoms. The first kappa shape index (κ1) is 16.8. The number of hydrogen-bond donors (Lipinski definition) is 2. The van der Waals surface area contributed by atoms with Crippen molar-refractivity contribution in [1.29, 1.82) is 0 Å². The molecule has 1 unspecified atom stereocenters. The monoisotopic (exact) mass is 342 g/mol. The van der Waals surface area contributed by atoms with Gasteiger partial charge >= 0.3 is 5.97 Å². The van der Waals surface area contributed by atoms with Gasteiger partial charge in [0.2, 0.25) is 5.91 Å². The molecular weight excluding hydrogens is 324 g/mol. The van der Waals surface area contributed by atoms with Crippen molar-refractivity contribution in [2.45, 2.75) is 18.9 Å². The Balaban J connectivity index is 1.80. The minimum atomic E-state index is -0.892. The maximum atomic E-state index is 12.2. The maximum absolute atomic E-state index is 12.2. The molecule has 1 aromatic rings.